The van der Waals surface area contributed by atoms with E-state index in [2.05, 4.69) is 29.6 Å². The zero-order chi connectivity index (χ0) is 91.5. The Bertz CT molecular complexity index is 5330. The third kappa shape index (κ3) is 17.6. The number of rotatable bonds is 17. The van der Waals surface area contributed by atoms with Crippen LogP contribution in [0.3, 0.4) is 0 Å². The molecule has 0 radical (unpaired) electrons. The van der Waals surface area contributed by atoms with Gasteiger partial charge >= 0.3 is 24.4 Å². The fourth-order valence-corrected chi connectivity index (χ4v) is 21.0. The van der Waals surface area contributed by atoms with Gasteiger partial charge in [0.2, 0.25) is 11.8 Å². The molecule has 9 aromatic rings. The van der Waals surface area contributed by atoms with Crippen molar-refractivity contribution in [2.24, 2.45) is 23.5 Å². The Balaban J connectivity index is 0.000000127. The number of ether oxygens (including phenoxy) is 4. The molecule has 24 nitrogen and oxygen atoms in total. The summed E-state index contributed by atoms with van der Waals surface area (Å²) >= 11 is 0. The molecule has 10 aliphatic rings. The van der Waals surface area contributed by atoms with E-state index in [4.69, 9.17) is 24.7 Å². The summed E-state index contributed by atoms with van der Waals surface area (Å²) in [6.07, 6.45) is 6.95. The smallest absolute Gasteiger partial charge is 0.411 e. The number of nitrogens with zero attached hydrogens (tertiary/aromatic N) is 7. The van der Waals surface area contributed by atoms with Gasteiger partial charge < -0.3 is 34.9 Å². The van der Waals surface area contributed by atoms with Crippen molar-refractivity contribution in [1.82, 2.24) is 39.6 Å². The number of benzene rings is 9. The van der Waals surface area contributed by atoms with E-state index < -0.39 is 64.5 Å². The van der Waals surface area contributed by atoms with Crippen LogP contribution in [0.5, 0.6) is 0 Å². The molecule has 0 bridgehead atoms. The first kappa shape index (κ1) is 91.8. The van der Waals surface area contributed by atoms with Crippen LogP contribution in [0.1, 0.15) is 192 Å². The summed E-state index contributed by atoms with van der Waals surface area (Å²) in [4.78, 5) is 153. The molecule has 5 spiro atoms. The van der Waals surface area contributed by atoms with Crippen molar-refractivity contribution in [2.75, 3.05) is 39.8 Å². The molecule has 9 amide bonds. The average Bonchev–Trinajstić information content (AvgIpc) is 1.39. The molecule has 9 aromatic carbocycles. The van der Waals surface area contributed by atoms with Crippen LogP contribution in [0.15, 0.2) is 273 Å². The van der Waals surface area contributed by atoms with Gasteiger partial charge in [-0.15, -0.1) is 0 Å². The fourth-order valence-electron chi connectivity index (χ4n) is 21.0. The minimum Gasteiger partial charge on any atom is -0.445 e. The van der Waals surface area contributed by atoms with Gasteiger partial charge in [-0.05, 0) is 133 Å². The number of imide groups is 2. The van der Waals surface area contributed by atoms with Gasteiger partial charge in [0, 0.05) is 63.8 Å². The second kappa shape index (κ2) is 40.0. The first-order chi connectivity index (χ1) is 62.9. The van der Waals surface area contributed by atoms with E-state index in [1.54, 1.807) is 26.6 Å². The lowest BCUT2D eigenvalue weighted by atomic mass is 9.61. The molecule has 12 unspecified atom stereocenters. The highest BCUT2D eigenvalue weighted by Gasteiger charge is 2.72. The number of ketones is 2. The highest BCUT2D eigenvalue weighted by Crippen LogP contribution is 2.58. The van der Waals surface area contributed by atoms with E-state index in [9.17, 15) is 52.7 Å². The Morgan fingerprint density at radius 1 is 0.346 bits per heavy atom. The standard InChI is InChI=1S/C26H30N2O4.C25H29N3O4.C21H22N2O3.C21H21NO3.C13H15NO/c1-18(2)19(3)23(29)28-22(21-13-8-5-9-14-21)26(24(28)30)15-10-16-27(26)25(31)32-17-20-11-6-4-7-12-20;1-17(2)20(26)22(29)28-21(19-12-7-4-8-13-19)25(23(28)30)14-9-15-27(25)24(31)32-16-18-10-5-3-6-11-18;1-22-18(17-11-6-3-7-12-17)21(19(22)24)13-8-14-23(21)20(25)26-15-16-9-4-2-5-10-16;23-19-14-18(17-10-5-2-6-11-17)21(19)12-7-13-22(21)20(24)25-15-16-8-3-1-4-9-16;15-12-9-11(10-5-2-1-3-6-10)13(12)7-4-8-14-13/h4-9,11-14,18-19,22H,10,15-17H2,1-3H3;3-8,10-13,17,20-21H,9,14-16,26H2,1-2H3;2-7,9-12,18H,8,13-15H2,1H3;1-6,8-11,18H,7,12-15H2;1-3,5-6,11,14H,4,7-9H2. The van der Waals surface area contributed by atoms with E-state index in [1.807, 2.05) is 283 Å². The number of hydrogen-bond donors (Lipinski definition) is 2. The van der Waals surface area contributed by atoms with Crippen molar-refractivity contribution < 1.29 is 71.7 Å². The van der Waals surface area contributed by atoms with E-state index in [0.29, 0.717) is 76.4 Å². The second-order valence-corrected chi connectivity index (χ2v) is 36.2. The fraction of sp³-hybridized carbons (Fsp3) is 0.387. The van der Waals surface area contributed by atoms with Gasteiger partial charge in [0.25, 0.3) is 17.7 Å². The molecule has 10 fully saturated rings. The van der Waals surface area contributed by atoms with Gasteiger partial charge in [-0.25, -0.2) is 19.2 Å². The van der Waals surface area contributed by atoms with Crippen LogP contribution in [-0.4, -0.2) is 173 Å². The molecular weight excluding hydrogens is 1640 g/mol. The molecule has 2 aliphatic carbocycles. The number of β-lactam (4-membered cyclic amide) rings is 3. The molecule has 130 heavy (non-hydrogen) atoms. The molecular formula is C106H117N9O15. The number of amides is 9. The van der Waals surface area contributed by atoms with Crippen molar-refractivity contribution in [1.29, 1.82) is 0 Å². The Kier molecular flexibility index (Phi) is 28.2. The first-order valence-corrected chi connectivity index (χ1v) is 45.7. The van der Waals surface area contributed by atoms with E-state index in [0.717, 1.165) is 89.6 Å². The molecule has 8 aliphatic heterocycles. The quantitative estimate of drug-likeness (QED) is 0.0632. The monoisotopic (exact) mass is 1760 g/mol. The molecule has 0 aromatic heterocycles. The Morgan fingerprint density at radius 3 is 0.954 bits per heavy atom. The summed E-state index contributed by atoms with van der Waals surface area (Å²) in [5, 5.41) is 3.42. The van der Waals surface area contributed by atoms with Crippen LogP contribution in [0.25, 0.3) is 0 Å². The summed E-state index contributed by atoms with van der Waals surface area (Å²) in [6.45, 7) is 13.2. The van der Waals surface area contributed by atoms with Gasteiger partial charge in [-0.3, -0.25) is 63.0 Å². The molecule has 19 rings (SSSR count). The van der Waals surface area contributed by atoms with Crippen molar-refractivity contribution in [3.8, 4) is 0 Å². The molecule has 2 saturated carbocycles. The number of likely N-dealkylation sites (tertiary alicyclic amines) is 7. The zero-order valence-electron chi connectivity index (χ0n) is 74.9. The number of nitrogens with one attached hydrogen (secondary N) is 1. The Labute approximate surface area is 760 Å². The number of likely N-dealkylation sites (N-methyl/N-ethyl adjacent to an activating group) is 1. The minimum atomic E-state index is -1.12. The van der Waals surface area contributed by atoms with Crippen LogP contribution in [0.4, 0.5) is 19.2 Å². The van der Waals surface area contributed by atoms with Crippen molar-refractivity contribution in [3.63, 3.8) is 0 Å². The zero-order valence-corrected chi connectivity index (χ0v) is 74.9. The number of carbonyl (C=O) groups excluding carboxylic acids is 11. The van der Waals surface area contributed by atoms with Crippen LogP contribution >= 0.6 is 0 Å². The van der Waals surface area contributed by atoms with Crippen molar-refractivity contribution in [3.05, 3.63) is 323 Å². The average molecular weight is 1760 g/mol. The number of carbonyl (C=O) groups is 11. The van der Waals surface area contributed by atoms with E-state index in [-0.39, 0.29) is 97.2 Å². The van der Waals surface area contributed by atoms with Crippen LogP contribution < -0.4 is 11.1 Å². The number of hydrogen-bond acceptors (Lipinski definition) is 17. The second-order valence-electron chi connectivity index (χ2n) is 36.2. The molecule has 676 valence electrons. The summed E-state index contributed by atoms with van der Waals surface area (Å²) in [5.41, 5.74) is 11.0. The highest BCUT2D eigenvalue weighted by atomic mass is 16.6. The maximum absolute atomic E-state index is 13.6. The molecule has 8 heterocycles. The molecule has 3 N–H and O–H groups in total. The topological polar surface area (TPSA) is 285 Å². The largest absolute Gasteiger partial charge is 0.445 e. The third-order valence-electron chi connectivity index (χ3n) is 28.3. The maximum atomic E-state index is 13.6. The predicted octanol–water partition coefficient (Wildman–Crippen LogP) is 17.0. The molecule has 24 heteroatoms. The summed E-state index contributed by atoms with van der Waals surface area (Å²) in [5.74, 6) is -0.492. The van der Waals surface area contributed by atoms with E-state index >= 15 is 0 Å². The van der Waals surface area contributed by atoms with Crippen LogP contribution in [0, 0.1) is 17.8 Å². The van der Waals surface area contributed by atoms with E-state index in [1.165, 1.54) is 20.3 Å². The lowest BCUT2D eigenvalue weighted by Gasteiger charge is -2.57. The van der Waals surface area contributed by atoms with Crippen molar-refractivity contribution >= 4 is 65.5 Å². The van der Waals surface area contributed by atoms with Gasteiger partial charge in [0.1, 0.15) is 37.5 Å². The SMILES string of the molecule is CC(C)C(C)C(=O)N1C(=O)C2(CCCN2C(=O)OCc2ccccc2)C1c1ccccc1.CC(C)C(N)C(=O)N1C(=O)C2(CCCN2C(=O)OCc2ccccc2)C1c1ccccc1.CN1C(=O)C2(CCCN2C(=O)OCc2ccccc2)C1c1ccccc1.O=C(OCc1ccccc1)N1CCCC12C(=O)CC2c1ccccc1.O=C1CC(c2ccccc2)C12CCCN2. The Morgan fingerprint density at radius 2 is 0.638 bits per heavy atom. The lowest BCUT2D eigenvalue weighted by molar-refractivity contribution is -0.182. The summed E-state index contributed by atoms with van der Waals surface area (Å²) in [7, 11) is 1.80. The molecule has 8 saturated heterocycles. The number of nitrogens with two attached hydrogens (primary N) is 1. The van der Waals surface area contributed by atoms with Crippen molar-refractivity contribution in [2.45, 2.75) is 202 Å². The van der Waals surface area contributed by atoms with Crippen LogP contribution in [0.2, 0.25) is 0 Å². The van der Waals surface area contributed by atoms with Gasteiger partial charge in [-0.2, -0.15) is 0 Å². The summed E-state index contributed by atoms with van der Waals surface area (Å²) < 4.78 is 22.2. The minimum absolute atomic E-state index is 0.000476. The number of Topliss-reactive ketones (excluding diaryl/α,β-unsaturated/α-hetero) is 2. The van der Waals surface area contributed by atoms with Crippen LogP contribution in [-0.2, 0) is 78.9 Å². The van der Waals surface area contributed by atoms with Gasteiger partial charge in [0.05, 0.1) is 29.7 Å². The predicted molar refractivity (Wildman–Crippen MR) is 490 cm³/mol. The highest BCUT2D eigenvalue weighted by molar-refractivity contribution is 6.11. The summed E-state index contributed by atoms with van der Waals surface area (Å²) in [6, 6.07) is 85.3. The van der Waals surface area contributed by atoms with Gasteiger partial charge in [-0.1, -0.05) is 308 Å². The Hall–Kier alpha value is -12.9. The molecule has 12 atom stereocenters. The third-order valence-corrected chi connectivity index (χ3v) is 28.3. The normalized spacial score (nSPS) is 25.2. The lowest BCUT2D eigenvalue weighted by Crippen LogP contribution is -2.76. The maximum Gasteiger partial charge on any atom is 0.411 e. The van der Waals surface area contributed by atoms with Gasteiger partial charge in [0.15, 0.2) is 22.6 Å². The first-order valence-electron chi connectivity index (χ1n) is 45.7.